The minimum atomic E-state index is -0.574. The second kappa shape index (κ2) is 6.59. The average molecular weight is 307 g/mol. The Labute approximate surface area is 128 Å². The quantitative estimate of drug-likeness (QED) is 0.875. The molecule has 0 aliphatic rings. The summed E-state index contributed by atoms with van der Waals surface area (Å²) in [6, 6.07) is 11.2. The zero-order valence-corrected chi connectivity index (χ0v) is 12.4. The lowest BCUT2D eigenvalue weighted by Crippen LogP contribution is -2.31. The van der Waals surface area contributed by atoms with Crippen LogP contribution in [0.1, 0.15) is 22.8 Å². The van der Waals surface area contributed by atoms with Crippen LogP contribution in [0.4, 0.5) is 10.1 Å². The Morgan fingerprint density at radius 3 is 2.71 bits per heavy atom. The molecule has 2 N–H and O–H groups in total. The van der Waals surface area contributed by atoms with E-state index >= 15 is 0 Å². The summed E-state index contributed by atoms with van der Waals surface area (Å²) >= 11 is 5.84. The van der Waals surface area contributed by atoms with Gasteiger partial charge in [0, 0.05) is 23.8 Å². The van der Waals surface area contributed by atoms with E-state index in [1.54, 1.807) is 17.0 Å². The van der Waals surface area contributed by atoms with Crippen molar-refractivity contribution in [1.82, 2.24) is 4.90 Å². The highest BCUT2D eigenvalue weighted by molar-refractivity contribution is 6.31. The Kier molecular flexibility index (Phi) is 4.81. The Morgan fingerprint density at radius 1 is 1.29 bits per heavy atom. The van der Waals surface area contributed by atoms with Crippen molar-refractivity contribution in [2.75, 3.05) is 12.3 Å². The summed E-state index contributed by atoms with van der Waals surface area (Å²) in [5.41, 5.74) is 7.23. The fraction of sp³-hybridized carbons (Fsp3) is 0.188. The third kappa shape index (κ3) is 3.73. The van der Waals surface area contributed by atoms with Gasteiger partial charge in [-0.1, -0.05) is 23.7 Å². The van der Waals surface area contributed by atoms with Gasteiger partial charge in [-0.15, -0.1) is 0 Å². The first-order valence-electron chi connectivity index (χ1n) is 6.60. The zero-order valence-electron chi connectivity index (χ0n) is 11.6. The van der Waals surface area contributed by atoms with Gasteiger partial charge in [0.05, 0.1) is 5.56 Å². The molecule has 2 aromatic rings. The molecule has 2 rings (SSSR count). The van der Waals surface area contributed by atoms with Gasteiger partial charge >= 0.3 is 0 Å². The van der Waals surface area contributed by atoms with Gasteiger partial charge in [-0.05, 0) is 42.8 Å². The van der Waals surface area contributed by atoms with E-state index in [9.17, 15) is 9.18 Å². The largest absolute Gasteiger partial charge is 0.399 e. The van der Waals surface area contributed by atoms with Gasteiger partial charge in [-0.25, -0.2) is 4.39 Å². The van der Waals surface area contributed by atoms with Crippen LogP contribution in [0.25, 0.3) is 0 Å². The second-order valence-electron chi connectivity index (χ2n) is 4.69. The number of nitrogen functional groups attached to an aromatic ring is 1. The van der Waals surface area contributed by atoms with Crippen LogP contribution < -0.4 is 5.73 Å². The molecular weight excluding hydrogens is 291 g/mol. The molecule has 0 spiro atoms. The van der Waals surface area contributed by atoms with Crippen molar-refractivity contribution in [3.63, 3.8) is 0 Å². The Hall–Kier alpha value is -2.07. The fourth-order valence-corrected chi connectivity index (χ4v) is 2.24. The number of hydrogen-bond acceptors (Lipinski definition) is 2. The van der Waals surface area contributed by atoms with Crippen molar-refractivity contribution in [2.45, 2.75) is 13.5 Å². The van der Waals surface area contributed by atoms with E-state index in [4.69, 9.17) is 17.3 Å². The number of carbonyl (C=O) groups is 1. The number of benzene rings is 2. The number of nitrogens with zero attached hydrogens (tertiary/aromatic N) is 1. The van der Waals surface area contributed by atoms with Crippen LogP contribution in [0.5, 0.6) is 0 Å². The Morgan fingerprint density at radius 2 is 2.05 bits per heavy atom. The van der Waals surface area contributed by atoms with Crippen LogP contribution in [0, 0.1) is 5.82 Å². The highest BCUT2D eigenvalue weighted by Crippen LogP contribution is 2.18. The van der Waals surface area contributed by atoms with E-state index < -0.39 is 5.82 Å². The van der Waals surface area contributed by atoms with Crippen LogP contribution >= 0.6 is 11.6 Å². The molecule has 0 unspecified atom stereocenters. The third-order valence-corrected chi connectivity index (χ3v) is 3.39. The van der Waals surface area contributed by atoms with Crippen molar-refractivity contribution >= 4 is 23.2 Å². The molecule has 0 aliphatic heterocycles. The Balaban J connectivity index is 2.24. The van der Waals surface area contributed by atoms with Gasteiger partial charge in [0.25, 0.3) is 5.91 Å². The standard InChI is InChI=1S/C16H16ClFN2O/c1-2-20(10-11-4-3-5-13(19)8-11)16(21)14-9-12(17)6-7-15(14)18/h3-9H,2,10,19H2,1H3. The summed E-state index contributed by atoms with van der Waals surface area (Å²) in [4.78, 5) is 14.0. The maximum Gasteiger partial charge on any atom is 0.257 e. The van der Waals surface area contributed by atoms with Gasteiger partial charge in [-0.3, -0.25) is 4.79 Å². The highest BCUT2D eigenvalue weighted by atomic mass is 35.5. The van der Waals surface area contributed by atoms with Crippen molar-refractivity contribution in [1.29, 1.82) is 0 Å². The van der Waals surface area contributed by atoms with E-state index in [-0.39, 0.29) is 11.5 Å². The monoisotopic (exact) mass is 306 g/mol. The van der Waals surface area contributed by atoms with Crippen molar-refractivity contribution in [3.05, 3.63) is 64.4 Å². The van der Waals surface area contributed by atoms with Crippen molar-refractivity contribution in [3.8, 4) is 0 Å². The van der Waals surface area contributed by atoms with Gasteiger partial charge < -0.3 is 10.6 Å². The first-order chi connectivity index (χ1) is 10.0. The minimum absolute atomic E-state index is 0.0201. The van der Waals surface area contributed by atoms with Crippen LogP contribution in [0.15, 0.2) is 42.5 Å². The lowest BCUT2D eigenvalue weighted by Gasteiger charge is -2.21. The molecule has 0 aromatic heterocycles. The smallest absolute Gasteiger partial charge is 0.257 e. The van der Waals surface area contributed by atoms with Crippen LogP contribution in [-0.2, 0) is 6.54 Å². The number of rotatable bonds is 4. The number of anilines is 1. The van der Waals surface area contributed by atoms with Gasteiger partial charge in [0.2, 0.25) is 0 Å². The third-order valence-electron chi connectivity index (χ3n) is 3.15. The number of halogens is 2. The molecule has 1 amide bonds. The highest BCUT2D eigenvalue weighted by Gasteiger charge is 2.18. The minimum Gasteiger partial charge on any atom is -0.399 e. The molecule has 0 heterocycles. The summed E-state index contributed by atoms with van der Waals surface area (Å²) in [7, 11) is 0. The molecule has 0 radical (unpaired) electrons. The summed E-state index contributed by atoms with van der Waals surface area (Å²) in [5, 5.41) is 0.333. The maximum absolute atomic E-state index is 13.8. The molecule has 110 valence electrons. The normalized spacial score (nSPS) is 10.4. The summed E-state index contributed by atoms with van der Waals surface area (Å²) in [6.07, 6.45) is 0. The topological polar surface area (TPSA) is 46.3 Å². The van der Waals surface area contributed by atoms with Gasteiger partial charge in [0.15, 0.2) is 0 Å². The first kappa shape index (κ1) is 15.3. The fourth-order valence-electron chi connectivity index (χ4n) is 2.07. The van der Waals surface area contributed by atoms with E-state index in [1.807, 2.05) is 19.1 Å². The van der Waals surface area contributed by atoms with E-state index in [0.29, 0.717) is 23.8 Å². The number of amides is 1. The summed E-state index contributed by atoms with van der Waals surface area (Å²) < 4.78 is 13.8. The predicted octanol–water partition coefficient (Wildman–Crippen LogP) is 3.72. The molecule has 0 atom stereocenters. The molecular formula is C16H16ClFN2O. The molecule has 21 heavy (non-hydrogen) atoms. The second-order valence-corrected chi connectivity index (χ2v) is 5.12. The molecule has 0 saturated carbocycles. The number of carbonyl (C=O) groups excluding carboxylic acids is 1. The van der Waals surface area contributed by atoms with Crippen LogP contribution in [0.2, 0.25) is 5.02 Å². The van der Waals surface area contributed by atoms with Gasteiger partial charge in [0.1, 0.15) is 5.82 Å². The van der Waals surface area contributed by atoms with Gasteiger partial charge in [-0.2, -0.15) is 0 Å². The van der Waals surface area contributed by atoms with Crippen molar-refractivity contribution in [2.24, 2.45) is 0 Å². The van der Waals surface area contributed by atoms with E-state index in [1.165, 1.54) is 18.2 Å². The predicted molar refractivity (Wildman–Crippen MR) is 82.7 cm³/mol. The number of nitrogens with two attached hydrogens (primary N) is 1. The van der Waals surface area contributed by atoms with Crippen LogP contribution in [0.3, 0.4) is 0 Å². The molecule has 0 saturated heterocycles. The maximum atomic E-state index is 13.8. The molecule has 5 heteroatoms. The summed E-state index contributed by atoms with van der Waals surface area (Å²) in [5.74, 6) is -0.963. The molecule has 2 aromatic carbocycles. The van der Waals surface area contributed by atoms with Crippen LogP contribution in [-0.4, -0.2) is 17.4 Å². The lowest BCUT2D eigenvalue weighted by molar-refractivity contribution is 0.0748. The SMILES string of the molecule is CCN(Cc1cccc(N)c1)C(=O)c1cc(Cl)ccc1F. The van der Waals surface area contributed by atoms with E-state index in [2.05, 4.69) is 0 Å². The van der Waals surface area contributed by atoms with E-state index in [0.717, 1.165) is 5.56 Å². The molecule has 3 nitrogen and oxygen atoms in total. The average Bonchev–Trinajstić information content (AvgIpc) is 2.46. The number of hydrogen-bond donors (Lipinski definition) is 1. The summed E-state index contributed by atoms with van der Waals surface area (Å²) in [6.45, 7) is 2.67. The lowest BCUT2D eigenvalue weighted by atomic mass is 10.1. The first-order valence-corrected chi connectivity index (χ1v) is 6.97. The molecule has 0 aliphatic carbocycles. The molecule has 0 fully saturated rings. The Bertz CT molecular complexity index is 660. The molecule has 0 bridgehead atoms. The zero-order chi connectivity index (χ0) is 15.4. The van der Waals surface area contributed by atoms with Crippen molar-refractivity contribution < 1.29 is 9.18 Å².